The van der Waals surface area contributed by atoms with E-state index in [9.17, 15) is 4.79 Å². The minimum atomic E-state index is -0.693. The van der Waals surface area contributed by atoms with E-state index >= 15 is 0 Å². The Morgan fingerprint density at radius 3 is 1.75 bits per heavy atom. The Hall–Kier alpha value is -0.570. The summed E-state index contributed by atoms with van der Waals surface area (Å²) in [4.78, 5) is 9.76. The summed E-state index contributed by atoms with van der Waals surface area (Å²) in [6, 6.07) is 0. The molecule has 3 nitrogen and oxygen atoms in total. The smallest absolute Gasteiger partial charge is 0.303 e. The van der Waals surface area contributed by atoms with Crippen molar-refractivity contribution < 1.29 is 9.90 Å². The second-order valence-electron chi connectivity index (χ2n) is 2.00. The van der Waals surface area contributed by atoms with Crippen molar-refractivity contribution in [3.63, 3.8) is 0 Å². The lowest BCUT2D eigenvalue weighted by Crippen LogP contribution is -1.91. The van der Waals surface area contributed by atoms with Crippen LogP contribution in [0.4, 0.5) is 0 Å². The zero-order valence-electron chi connectivity index (χ0n) is 8.98. The fraction of sp³-hybridized carbons (Fsp3) is 0.889. The monoisotopic (exact) mass is 177 g/mol. The van der Waals surface area contributed by atoms with Gasteiger partial charge in [-0.15, -0.1) is 0 Å². The maximum absolute atomic E-state index is 9.76. The molecule has 0 spiro atoms. The van der Waals surface area contributed by atoms with Gasteiger partial charge in [0.15, 0.2) is 0 Å². The molecule has 0 aromatic carbocycles. The quantitative estimate of drug-likeness (QED) is 0.694. The van der Waals surface area contributed by atoms with Crippen LogP contribution in [-0.2, 0) is 4.79 Å². The largest absolute Gasteiger partial charge is 0.481 e. The number of unbranched alkanes of at least 4 members (excludes halogenated alkanes) is 1. The SMILES string of the molecule is CC.CCCCC(=O)O.CNC. The van der Waals surface area contributed by atoms with Crippen molar-refractivity contribution in [1.29, 1.82) is 0 Å². The van der Waals surface area contributed by atoms with Gasteiger partial charge < -0.3 is 10.4 Å². The van der Waals surface area contributed by atoms with Gasteiger partial charge in [0.1, 0.15) is 0 Å². The van der Waals surface area contributed by atoms with Gasteiger partial charge in [-0.25, -0.2) is 0 Å². The molecule has 3 heteroatoms. The van der Waals surface area contributed by atoms with Gasteiger partial charge in [-0.3, -0.25) is 4.79 Å². The van der Waals surface area contributed by atoms with Gasteiger partial charge in [0, 0.05) is 6.42 Å². The highest BCUT2D eigenvalue weighted by Gasteiger charge is 1.90. The highest BCUT2D eigenvalue weighted by Crippen LogP contribution is 1.91. The third-order valence-corrected chi connectivity index (χ3v) is 0.744. The normalized spacial score (nSPS) is 7.08. The van der Waals surface area contributed by atoms with Crippen LogP contribution in [0.5, 0.6) is 0 Å². The molecule has 0 saturated carbocycles. The Labute approximate surface area is 76.2 Å². The predicted octanol–water partition coefficient (Wildman–Crippen LogP) is 2.12. The van der Waals surface area contributed by atoms with E-state index in [0.29, 0.717) is 6.42 Å². The summed E-state index contributed by atoms with van der Waals surface area (Å²) >= 11 is 0. The van der Waals surface area contributed by atoms with Crippen molar-refractivity contribution in [2.24, 2.45) is 0 Å². The first-order valence-electron chi connectivity index (χ1n) is 4.49. The molecule has 0 heterocycles. The van der Waals surface area contributed by atoms with Crippen molar-refractivity contribution in [3.8, 4) is 0 Å². The lowest BCUT2D eigenvalue weighted by molar-refractivity contribution is -0.137. The summed E-state index contributed by atoms with van der Waals surface area (Å²) in [5, 5.41) is 10.8. The summed E-state index contributed by atoms with van der Waals surface area (Å²) in [6.07, 6.45) is 2.08. The Kier molecular flexibility index (Phi) is 32.7. The number of hydrogen-bond acceptors (Lipinski definition) is 2. The Morgan fingerprint density at radius 1 is 1.33 bits per heavy atom. The summed E-state index contributed by atoms with van der Waals surface area (Å²) in [5.41, 5.74) is 0. The van der Waals surface area contributed by atoms with E-state index in [0.717, 1.165) is 12.8 Å². The van der Waals surface area contributed by atoms with E-state index in [1.54, 1.807) is 0 Å². The molecule has 76 valence electrons. The summed E-state index contributed by atoms with van der Waals surface area (Å²) < 4.78 is 0. The van der Waals surface area contributed by atoms with E-state index in [2.05, 4.69) is 5.32 Å². The van der Waals surface area contributed by atoms with Crippen molar-refractivity contribution in [1.82, 2.24) is 5.32 Å². The molecular weight excluding hydrogens is 154 g/mol. The molecule has 2 N–H and O–H groups in total. The van der Waals surface area contributed by atoms with E-state index in [1.807, 2.05) is 34.9 Å². The Bertz CT molecular complexity index is 74.9. The molecule has 12 heavy (non-hydrogen) atoms. The molecule has 0 aliphatic rings. The molecule has 0 aromatic rings. The minimum Gasteiger partial charge on any atom is -0.481 e. The maximum Gasteiger partial charge on any atom is 0.303 e. The van der Waals surface area contributed by atoms with Crippen LogP contribution in [0.2, 0.25) is 0 Å². The van der Waals surface area contributed by atoms with Crippen LogP contribution in [0, 0.1) is 0 Å². The van der Waals surface area contributed by atoms with Crippen LogP contribution in [-0.4, -0.2) is 25.2 Å². The van der Waals surface area contributed by atoms with E-state index in [-0.39, 0.29) is 0 Å². The first kappa shape index (κ1) is 17.5. The zero-order valence-corrected chi connectivity index (χ0v) is 8.98. The van der Waals surface area contributed by atoms with Gasteiger partial charge in [-0.2, -0.15) is 0 Å². The number of carboxylic acid groups (broad SMARTS) is 1. The molecular formula is C9H23NO2. The number of nitrogens with one attached hydrogen (secondary N) is 1. The van der Waals surface area contributed by atoms with Gasteiger partial charge in [0.2, 0.25) is 0 Å². The highest BCUT2D eigenvalue weighted by molar-refractivity contribution is 5.66. The predicted molar refractivity (Wildman–Crippen MR) is 53.5 cm³/mol. The summed E-state index contributed by atoms with van der Waals surface area (Å²) in [7, 11) is 3.75. The second-order valence-corrected chi connectivity index (χ2v) is 2.00. The molecule has 0 amide bonds. The molecule has 0 unspecified atom stereocenters. The van der Waals surface area contributed by atoms with Crippen molar-refractivity contribution in [3.05, 3.63) is 0 Å². The van der Waals surface area contributed by atoms with Gasteiger partial charge in [0.05, 0.1) is 0 Å². The lowest BCUT2D eigenvalue weighted by atomic mass is 10.3. The molecule has 0 bridgehead atoms. The number of carboxylic acids is 1. The third kappa shape index (κ3) is 57.0. The average Bonchev–Trinajstić information content (AvgIpc) is 2.06. The Morgan fingerprint density at radius 2 is 1.67 bits per heavy atom. The first-order chi connectivity index (χ1) is 5.68. The lowest BCUT2D eigenvalue weighted by Gasteiger charge is -1.85. The molecule has 0 rings (SSSR count). The standard InChI is InChI=1S/C5H10O2.C2H7N.C2H6/c1-2-3-4-5(6)7;1-3-2;1-2/h2-4H2,1H3,(H,6,7);3H,1-2H3;1-2H3. The molecule has 0 aliphatic carbocycles. The molecule has 0 radical (unpaired) electrons. The van der Waals surface area contributed by atoms with Gasteiger partial charge in [-0.05, 0) is 20.5 Å². The van der Waals surface area contributed by atoms with Crippen molar-refractivity contribution in [2.75, 3.05) is 14.1 Å². The van der Waals surface area contributed by atoms with Gasteiger partial charge in [0.25, 0.3) is 0 Å². The van der Waals surface area contributed by atoms with E-state index in [4.69, 9.17) is 5.11 Å². The summed E-state index contributed by atoms with van der Waals surface area (Å²) in [5.74, 6) is -0.693. The van der Waals surface area contributed by atoms with Crippen LogP contribution in [0.3, 0.4) is 0 Å². The van der Waals surface area contributed by atoms with Crippen molar-refractivity contribution >= 4 is 5.97 Å². The number of carbonyl (C=O) groups is 1. The van der Waals surface area contributed by atoms with Crippen molar-refractivity contribution in [2.45, 2.75) is 40.0 Å². The molecule has 0 atom stereocenters. The van der Waals surface area contributed by atoms with E-state index in [1.165, 1.54) is 0 Å². The van der Waals surface area contributed by atoms with Crippen LogP contribution < -0.4 is 5.32 Å². The van der Waals surface area contributed by atoms with Crippen LogP contribution >= 0.6 is 0 Å². The highest BCUT2D eigenvalue weighted by atomic mass is 16.4. The number of hydrogen-bond donors (Lipinski definition) is 2. The number of rotatable bonds is 3. The topological polar surface area (TPSA) is 49.3 Å². The zero-order chi connectivity index (χ0) is 10.4. The fourth-order valence-electron chi connectivity index (χ4n) is 0.328. The van der Waals surface area contributed by atoms with Crippen LogP contribution in [0.25, 0.3) is 0 Å². The van der Waals surface area contributed by atoms with E-state index < -0.39 is 5.97 Å². The van der Waals surface area contributed by atoms with Crippen LogP contribution in [0.1, 0.15) is 40.0 Å². The second kappa shape index (κ2) is 22.4. The van der Waals surface area contributed by atoms with Gasteiger partial charge in [-0.1, -0.05) is 27.2 Å². The average molecular weight is 177 g/mol. The Balaban J connectivity index is -0.000000137. The summed E-state index contributed by atoms with van der Waals surface area (Å²) in [6.45, 7) is 5.98. The molecule has 0 saturated heterocycles. The van der Waals surface area contributed by atoms with Gasteiger partial charge >= 0.3 is 5.97 Å². The molecule has 0 aromatic heterocycles. The fourth-order valence-corrected chi connectivity index (χ4v) is 0.328. The maximum atomic E-state index is 9.76. The molecule has 0 fully saturated rings. The third-order valence-electron chi connectivity index (χ3n) is 0.744. The van der Waals surface area contributed by atoms with Crippen LogP contribution in [0.15, 0.2) is 0 Å². The molecule has 0 aliphatic heterocycles. The minimum absolute atomic E-state index is 0.316. The first-order valence-corrected chi connectivity index (χ1v) is 4.49. The number of aliphatic carboxylic acids is 1.